The average Bonchev–Trinajstić information content (AvgIpc) is 2.42. The number of amides is 1. The molecule has 0 aromatic heterocycles. The van der Waals surface area contributed by atoms with Gasteiger partial charge in [0.25, 0.3) is 5.91 Å². The number of hydrogen-bond acceptors (Lipinski definition) is 3. The van der Waals surface area contributed by atoms with Gasteiger partial charge in [-0.2, -0.15) is 4.36 Å². The van der Waals surface area contributed by atoms with Gasteiger partial charge in [0.1, 0.15) is 0 Å². The highest BCUT2D eigenvalue weighted by Crippen LogP contribution is 2.33. The van der Waals surface area contributed by atoms with Crippen molar-refractivity contribution in [1.82, 2.24) is 4.90 Å². The van der Waals surface area contributed by atoms with Gasteiger partial charge in [0, 0.05) is 35.7 Å². The Labute approximate surface area is 134 Å². The first-order valence-corrected chi connectivity index (χ1v) is 9.75. The van der Waals surface area contributed by atoms with E-state index < -0.39 is 9.73 Å². The van der Waals surface area contributed by atoms with E-state index in [9.17, 15) is 9.00 Å². The van der Waals surface area contributed by atoms with Crippen LogP contribution in [0.25, 0.3) is 0 Å². The monoisotopic (exact) mass is 322 g/mol. The lowest BCUT2D eigenvalue weighted by Crippen LogP contribution is -2.63. The molecule has 0 spiro atoms. The highest BCUT2D eigenvalue weighted by molar-refractivity contribution is 7.93. The maximum atomic E-state index is 12.7. The Morgan fingerprint density at radius 2 is 1.91 bits per heavy atom. The Morgan fingerprint density at radius 3 is 2.41 bits per heavy atom. The minimum atomic E-state index is -2.49. The molecule has 1 saturated heterocycles. The number of hydrogen-bond donors (Lipinski definition) is 0. The molecule has 0 N–H and O–H groups in total. The van der Waals surface area contributed by atoms with E-state index in [2.05, 4.69) is 37.0 Å². The number of nitrogens with zero attached hydrogens (tertiary/aromatic N) is 2. The van der Waals surface area contributed by atoms with Crippen molar-refractivity contribution in [3.8, 4) is 0 Å². The fourth-order valence-electron chi connectivity index (χ4n) is 3.01. The zero-order chi connectivity index (χ0) is 16.5. The van der Waals surface area contributed by atoms with Crippen LogP contribution >= 0.6 is 0 Å². The highest BCUT2D eigenvalue weighted by Gasteiger charge is 2.42. The van der Waals surface area contributed by atoms with Crippen LogP contribution in [0.3, 0.4) is 0 Å². The minimum Gasteiger partial charge on any atom is -0.295 e. The summed E-state index contributed by atoms with van der Waals surface area (Å²) in [5.41, 5.74) is 0.622. The smallest absolute Gasteiger partial charge is 0.285 e. The third kappa shape index (κ3) is 3.96. The zero-order valence-corrected chi connectivity index (χ0v) is 14.9. The summed E-state index contributed by atoms with van der Waals surface area (Å²) in [6, 6.07) is 9.20. The van der Waals surface area contributed by atoms with Gasteiger partial charge in [0.05, 0.1) is 9.73 Å². The molecule has 22 heavy (non-hydrogen) atoms. The van der Waals surface area contributed by atoms with E-state index in [0.29, 0.717) is 23.3 Å². The standard InChI is InChI=1S/C17H26N2O2S/c1-13-15(11-19(13)17(2,3)4)12-22(5,21)18-16(20)14-9-7-6-8-10-14/h6-10,13,15H,11-12H2,1-5H3/t13-,15-,22?/m0/s1. The first-order valence-electron chi connectivity index (χ1n) is 7.66. The summed E-state index contributed by atoms with van der Waals surface area (Å²) in [7, 11) is -2.49. The molecule has 5 heteroatoms. The lowest BCUT2D eigenvalue weighted by Gasteiger charge is -2.53. The minimum absolute atomic E-state index is 0.127. The van der Waals surface area contributed by atoms with Crippen LogP contribution in [0.5, 0.6) is 0 Å². The Hall–Kier alpha value is -1.20. The van der Waals surface area contributed by atoms with Crippen molar-refractivity contribution in [3.05, 3.63) is 35.9 Å². The van der Waals surface area contributed by atoms with E-state index in [1.807, 2.05) is 6.07 Å². The van der Waals surface area contributed by atoms with Crippen molar-refractivity contribution >= 4 is 15.6 Å². The van der Waals surface area contributed by atoms with Crippen molar-refractivity contribution in [2.24, 2.45) is 10.3 Å². The first-order chi connectivity index (χ1) is 10.1. The maximum Gasteiger partial charge on any atom is 0.285 e. The molecule has 1 unspecified atom stereocenters. The van der Waals surface area contributed by atoms with Crippen LogP contribution in [0.2, 0.25) is 0 Å². The molecule has 1 aromatic rings. The molecule has 1 amide bonds. The van der Waals surface area contributed by atoms with Crippen molar-refractivity contribution < 1.29 is 9.00 Å². The summed E-state index contributed by atoms with van der Waals surface area (Å²) in [5, 5.41) is 0. The van der Waals surface area contributed by atoms with Gasteiger partial charge in [-0.1, -0.05) is 18.2 Å². The molecule has 4 nitrogen and oxygen atoms in total. The zero-order valence-electron chi connectivity index (χ0n) is 14.1. The van der Waals surface area contributed by atoms with Crippen LogP contribution in [0.15, 0.2) is 34.7 Å². The third-order valence-electron chi connectivity index (χ3n) is 4.29. The van der Waals surface area contributed by atoms with Gasteiger partial charge in [-0.25, -0.2) is 4.21 Å². The van der Waals surface area contributed by atoms with Crippen LogP contribution in [0.1, 0.15) is 38.1 Å². The normalized spacial score (nSPS) is 25.1. The van der Waals surface area contributed by atoms with Crippen LogP contribution in [-0.4, -0.2) is 45.2 Å². The molecule has 1 aromatic carbocycles. The fourth-order valence-corrected chi connectivity index (χ4v) is 4.72. The summed E-state index contributed by atoms with van der Waals surface area (Å²) in [4.78, 5) is 14.5. The summed E-state index contributed by atoms with van der Waals surface area (Å²) in [5.74, 6) is 0.441. The summed E-state index contributed by atoms with van der Waals surface area (Å²) in [6.07, 6.45) is 1.60. The van der Waals surface area contributed by atoms with Crippen LogP contribution in [-0.2, 0) is 9.73 Å². The van der Waals surface area contributed by atoms with Gasteiger partial charge in [-0.15, -0.1) is 0 Å². The van der Waals surface area contributed by atoms with Crippen molar-refractivity contribution in [2.45, 2.75) is 39.3 Å². The third-order valence-corrected chi connectivity index (χ3v) is 5.89. The number of carbonyl (C=O) groups excluding carboxylic acids is 1. The van der Waals surface area contributed by atoms with Gasteiger partial charge < -0.3 is 0 Å². The van der Waals surface area contributed by atoms with Gasteiger partial charge in [0.2, 0.25) is 0 Å². The SMILES string of the molecule is C[C@H]1[C@H](CS(C)(=O)=NC(=O)c2ccccc2)CN1C(C)(C)C. The van der Waals surface area contributed by atoms with Gasteiger partial charge >= 0.3 is 0 Å². The molecule has 1 fully saturated rings. The van der Waals surface area contributed by atoms with Crippen molar-refractivity contribution in [2.75, 3.05) is 18.6 Å². The van der Waals surface area contributed by atoms with E-state index in [4.69, 9.17) is 0 Å². The highest BCUT2D eigenvalue weighted by atomic mass is 32.2. The predicted octanol–water partition coefficient (Wildman–Crippen LogP) is 3.04. The van der Waals surface area contributed by atoms with Crippen LogP contribution in [0, 0.1) is 5.92 Å². The number of likely N-dealkylation sites (tertiary alicyclic amines) is 1. The molecule has 0 aliphatic carbocycles. The van der Waals surface area contributed by atoms with E-state index in [1.165, 1.54) is 0 Å². The Morgan fingerprint density at radius 1 is 1.32 bits per heavy atom. The van der Waals surface area contributed by atoms with Gasteiger partial charge in [-0.05, 0) is 45.7 Å². The predicted molar refractivity (Wildman–Crippen MR) is 91.5 cm³/mol. The summed E-state index contributed by atoms with van der Waals surface area (Å²) in [6.45, 7) is 9.64. The quantitative estimate of drug-likeness (QED) is 0.859. The van der Waals surface area contributed by atoms with Gasteiger partial charge in [-0.3, -0.25) is 9.69 Å². The summed E-state index contributed by atoms with van der Waals surface area (Å²) >= 11 is 0. The second kappa shape index (κ2) is 6.13. The van der Waals surface area contributed by atoms with E-state index in [1.54, 1.807) is 30.5 Å². The van der Waals surface area contributed by atoms with Crippen molar-refractivity contribution in [3.63, 3.8) is 0 Å². The largest absolute Gasteiger partial charge is 0.295 e. The van der Waals surface area contributed by atoms with Crippen molar-refractivity contribution in [1.29, 1.82) is 0 Å². The topological polar surface area (TPSA) is 49.7 Å². The number of benzene rings is 1. The molecular formula is C17H26N2O2S. The van der Waals surface area contributed by atoms with Crippen LogP contribution < -0.4 is 0 Å². The molecule has 3 atom stereocenters. The second-order valence-corrected chi connectivity index (χ2v) is 9.65. The molecule has 0 bridgehead atoms. The Bertz CT molecular complexity index is 655. The molecule has 0 radical (unpaired) electrons. The first kappa shape index (κ1) is 17.2. The summed E-state index contributed by atoms with van der Waals surface area (Å²) < 4.78 is 16.7. The van der Waals surface area contributed by atoms with Crippen LogP contribution in [0.4, 0.5) is 0 Å². The average molecular weight is 322 g/mol. The fraction of sp³-hybridized carbons (Fsp3) is 0.588. The molecule has 1 heterocycles. The van der Waals surface area contributed by atoms with E-state index >= 15 is 0 Å². The number of carbonyl (C=O) groups is 1. The molecule has 122 valence electrons. The molecular weight excluding hydrogens is 296 g/mol. The van der Waals surface area contributed by atoms with E-state index in [-0.39, 0.29) is 11.4 Å². The second-order valence-electron chi connectivity index (χ2n) is 7.21. The molecule has 1 aliphatic heterocycles. The maximum absolute atomic E-state index is 12.7. The lowest BCUT2D eigenvalue weighted by atomic mass is 9.86. The molecule has 1 aliphatic rings. The molecule has 0 saturated carbocycles. The number of rotatable bonds is 3. The Kier molecular flexibility index (Phi) is 4.78. The lowest BCUT2D eigenvalue weighted by molar-refractivity contribution is -0.0347. The molecule has 2 rings (SSSR count). The van der Waals surface area contributed by atoms with E-state index in [0.717, 1.165) is 6.54 Å². The Balaban J connectivity index is 2.05. The van der Waals surface area contributed by atoms with Gasteiger partial charge in [0.15, 0.2) is 0 Å².